The predicted octanol–water partition coefficient (Wildman–Crippen LogP) is 0.493. The summed E-state index contributed by atoms with van der Waals surface area (Å²) in [5.74, 6) is 0.519. The van der Waals surface area contributed by atoms with Crippen molar-refractivity contribution in [2.45, 2.75) is 20.3 Å². The molecule has 0 N–H and O–H groups in total. The van der Waals surface area contributed by atoms with E-state index in [1.807, 2.05) is 13.8 Å². The summed E-state index contributed by atoms with van der Waals surface area (Å²) in [6.45, 7) is 4.76. The number of hydrogen-bond donors (Lipinski definition) is 0. The van der Waals surface area contributed by atoms with E-state index in [9.17, 15) is 13.2 Å². The van der Waals surface area contributed by atoms with Gasteiger partial charge in [0.05, 0.1) is 6.26 Å². The molecule has 0 atom stereocenters. The van der Waals surface area contributed by atoms with Crippen molar-refractivity contribution in [3.05, 3.63) is 0 Å². The largest absolute Gasteiger partial charge is 0.299 e. The molecule has 0 aromatic rings. The lowest BCUT2D eigenvalue weighted by Gasteiger charge is -2.37. The van der Waals surface area contributed by atoms with Crippen molar-refractivity contribution in [3.8, 4) is 0 Å². The normalized spacial score (nSPS) is 19.7. The molecule has 4 nitrogen and oxygen atoms in total. The molecule has 1 aliphatic rings. The van der Waals surface area contributed by atoms with E-state index in [2.05, 4.69) is 0 Å². The second-order valence-electron chi connectivity index (χ2n) is 4.27. The van der Waals surface area contributed by atoms with E-state index in [0.717, 1.165) is 0 Å². The number of sulfonamides is 1. The average molecular weight is 219 g/mol. The first kappa shape index (κ1) is 11.7. The molecule has 82 valence electrons. The highest BCUT2D eigenvalue weighted by Gasteiger charge is 2.34. The Hall–Kier alpha value is -0.420. The van der Waals surface area contributed by atoms with Gasteiger partial charge in [0, 0.05) is 25.4 Å². The topological polar surface area (TPSA) is 54.5 Å². The van der Waals surface area contributed by atoms with Crippen LogP contribution in [0.1, 0.15) is 20.3 Å². The Labute approximate surface area is 85.3 Å². The SMILES string of the molecule is CC(C)C(=O)CC1CN(S(C)(=O)=O)C1. The predicted molar refractivity (Wildman–Crippen MR) is 54.4 cm³/mol. The zero-order chi connectivity index (χ0) is 10.9. The fourth-order valence-corrected chi connectivity index (χ4v) is 2.41. The van der Waals surface area contributed by atoms with Crippen molar-refractivity contribution in [1.82, 2.24) is 4.31 Å². The first-order valence-electron chi connectivity index (χ1n) is 4.78. The average Bonchev–Trinajstić information content (AvgIpc) is 1.92. The van der Waals surface area contributed by atoms with E-state index in [1.54, 1.807) is 0 Å². The fourth-order valence-electron chi connectivity index (χ4n) is 1.44. The molecule has 0 amide bonds. The van der Waals surface area contributed by atoms with Crippen LogP contribution in [-0.2, 0) is 14.8 Å². The van der Waals surface area contributed by atoms with Crippen LogP contribution < -0.4 is 0 Å². The minimum Gasteiger partial charge on any atom is -0.299 e. The molecule has 0 spiro atoms. The second-order valence-corrected chi connectivity index (χ2v) is 6.25. The van der Waals surface area contributed by atoms with Crippen LogP contribution in [0.25, 0.3) is 0 Å². The summed E-state index contributed by atoms with van der Waals surface area (Å²) in [5, 5.41) is 0. The molecule has 1 aliphatic heterocycles. The maximum atomic E-state index is 11.3. The standard InChI is InChI=1S/C9H17NO3S/c1-7(2)9(11)4-8-5-10(6-8)14(3,12)13/h7-8H,4-6H2,1-3H3. The maximum absolute atomic E-state index is 11.3. The van der Waals surface area contributed by atoms with Gasteiger partial charge in [-0.1, -0.05) is 13.8 Å². The van der Waals surface area contributed by atoms with Crippen LogP contribution in [0.5, 0.6) is 0 Å². The summed E-state index contributed by atoms with van der Waals surface area (Å²) in [4.78, 5) is 11.3. The van der Waals surface area contributed by atoms with Gasteiger partial charge in [-0.25, -0.2) is 12.7 Å². The number of rotatable bonds is 4. The van der Waals surface area contributed by atoms with Gasteiger partial charge in [-0.05, 0) is 5.92 Å². The Morgan fingerprint density at radius 2 is 1.93 bits per heavy atom. The van der Waals surface area contributed by atoms with Crippen LogP contribution >= 0.6 is 0 Å². The Morgan fingerprint density at radius 1 is 1.43 bits per heavy atom. The zero-order valence-corrected chi connectivity index (χ0v) is 9.67. The summed E-state index contributed by atoms with van der Waals surface area (Å²) in [6.07, 6.45) is 1.72. The van der Waals surface area contributed by atoms with E-state index >= 15 is 0 Å². The highest BCUT2D eigenvalue weighted by Crippen LogP contribution is 2.22. The Bertz CT molecular complexity index is 315. The summed E-state index contributed by atoms with van der Waals surface area (Å²) in [5.41, 5.74) is 0. The lowest BCUT2D eigenvalue weighted by atomic mass is 9.92. The third-order valence-electron chi connectivity index (χ3n) is 2.53. The molecule has 1 saturated heterocycles. The molecule has 0 saturated carbocycles. The van der Waals surface area contributed by atoms with Gasteiger partial charge in [-0.15, -0.1) is 0 Å². The highest BCUT2D eigenvalue weighted by atomic mass is 32.2. The summed E-state index contributed by atoms with van der Waals surface area (Å²) >= 11 is 0. The molecule has 1 rings (SSSR count). The molecule has 0 aromatic carbocycles. The minimum absolute atomic E-state index is 0.0577. The number of nitrogens with zero attached hydrogens (tertiary/aromatic N) is 1. The molecule has 0 aromatic heterocycles. The monoisotopic (exact) mass is 219 g/mol. The molecule has 0 unspecified atom stereocenters. The van der Waals surface area contributed by atoms with Crippen LogP contribution in [0.4, 0.5) is 0 Å². The molecule has 1 heterocycles. The molecule has 0 bridgehead atoms. The minimum atomic E-state index is -3.03. The second kappa shape index (κ2) is 3.98. The van der Waals surface area contributed by atoms with Crippen LogP contribution in [0.3, 0.4) is 0 Å². The van der Waals surface area contributed by atoms with E-state index in [1.165, 1.54) is 10.6 Å². The Kier molecular flexibility index (Phi) is 3.32. The smallest absolute Gasteiger partial charge is 0.211 e. The van der Waals surface area contributed by atoms with E-state index in [4.69, 9.17) is 0 Å². The molecular formula is C9H17NO3S. The number of ketones is 1. The van der Waals surface area contributed by atoms with Crippen molar-refractivity contribution in [2.75, 3.05) is 19.3 Å². The molecule has 14 heavy (non-hydrogen) atoms. The molecular weight excluding hydrogens is 202 g/mol. The van der Waals surface area contributed by atoms with Gasteiger partial charge in [-0.2, -0.15) is 0 Å². The van der Waals surface area contributed by atoms with Gasteiger partial charge in [0.25, 0.3) is 0 Å². The van der Waals surface area contributed by atoms with Crippen molar-refractivity contribution >= 4 is 15.8 Å². The fraction of sp³-hybridized carbons (Fsp3) is 0.889. The van der Waals surface area contributed by atoms with Gasteiger partial charge < -0.3 is 0 Å². The number of hydrogen-bond acceptors (Lipinski definition) is 3. The molecule has 1 fully saturated rings. The van der Waals surface area contributed by atoms with E-state index in [-0.39, 0.29) is 17.6 Å². The Morgan fingerprint density at radius 3 is 2.29 bits per heavy atom. The summed E-state index contributed by atoms with van der Waals surface area (Å²) < 4.78 is 23.4. The van der Waals surface area contributed by atoms with E-state index < -0.39 is 10.0 Å². The number of carbonyl (C=O) groups excluding carboxylic acids is 1. The third-order valence-corrected chi connectivity index (χ3v) is 3.76. The first-order valence-corrected chi connectivity index (χ1v) is 6.63. The van der Waals surface area contributed by atoms with Crippen LogP contribution in [0.15, 0.2) is 0 Å². The summed E-state index contributed by atoms with van der Waals surface area (Å²) in [6, 6.07) is 0. The van der Waals surface area contributed by atoms with Gasteiger partial charge in [0.2, 0.25) is 10.0 Å². The molecule has 5 heteroatoms. The first-order chi connectivity index (χ1) is 6.30. The third kappa shape index (κ3) is 2.78. The van der Waals surface area contributed by atoms with Gasteiger partial charge in [0.1, 0.15) is 5.78 Å². The molecule has 0 radical (unpaired) electrons. The van der Waals surface area contributed by atoms with Gasteiger partial charge in [0.15, 0.2) is 0 Å². The molecule has 0 aliphatic carbocycles. The lowest BCUT2D eigenvalue weighted by molar-refractivity contribution is -0.123. The zero-order valence-electron chi connectivity index (χ0n) is 8.86. The summed E-state index contributed by atoms with van der Waals surface area (Å²) in [7, 11) is -3.03. The van der Waals surface area contributed by atoms with Crippen molar-refractivity contribution < 1.29 is 13.2 Å². The van der Waals surface area contributed by atoms with Gasteiger partial charge >= 0.3 is 0 Å². The van der Waals surface area contributed by atoms with Crippen LogP contribution in [-0.4, -0.2) is 37.9 Å². The van der Waals surface area contributed by atoms with Crippen molar-refractivity contribution in [3.63, 3.8) is 0 Å². The van der Waals surface area contributed by atoms with Crippen LogP contribution in [0.2, 0.25) is 0 Å². The lowest BCUT2D eigenvalue weighted by Crippen LogP contribution is -2.50. The quantitative estimate of drug-likeness (QED) is 0.691. The van der Waals surface area contributed by atoms with E-state index in [0.29, 0.717) is 19.5 Å². The maximum Gasteiger partial charge on any atom is 0.211 e. The Balaban J connectivity index is 2.33. The number of Topliss-reactive ketones (excluding diaryl/α,β-unsaturated/α-hetero) is 1. The van der Waals surface area contributed by atoms with Crippen molar-refractivity contribution in [2.24, 2.45) is 11.8 Å². The number of carbonyl (C=O) groups is 1. The van der Waals surface area contributed by atoms with Crippen molar-refractivity contribution in [1.29, 1.82) is 0 Å². The highest BCUT2D eigenvalue weighted by molar-refractivity contribution is 7.88. The van der Waals surface area contributed by atoms with Crippen LogP contribution in [0, 0.1) is 11.8 Å². The van der Waals surface area contributed by atoms with Gasteiger partial charge in [-0.3, -0.25) is 4.79 Å².